The number of carbonyl (C=O) groups is 2. The van der Waals surface area contributed by atoms with Crippen LogP contribution < -0.4 is 0 Å². The van der Waals surface area contributed by atoms with Gasteiger partial charge in [0.2, 0.25) is 0 Å². The van der Waals surface area contributed by atoms with E-state index >= 15 is 0 Å². The summed E-state index contributed by atoms with van der Waals surface area (Å²) in [5, 5.41) is 0. The SMILES string of the molecule is CC(C)(C)OC(=O)N(C(=O)OC(C)(C)C)C1=NC(c2cc(Br)ccc2F)CS(=O)C1(C)C.CF. The molecule has 0 aliphatic carbocycles. The maximum Gasteiger partial charge on any atom is 0.425 e. The van der Waals surface area contributed by atoms with Gasteiger partial charge in [-0.05, 0) is 73.6 Å². The number of amides is 2. The molecule has 1 aromatic rings. The van der Waals surface area contributed by atoms with Crippen molar-refractivity contribution in [3.63, 3.8) is 0 Å². The van der Waals surface area contributed by atoms with Crippen LogP contribution in [0.1, 0.15) is 67.0 Å². The molecule has 0 bridgehead atoms. The normalized spacial score (nSPS) is 19.8. The topological polar surface area (TPSA) is 85.3 Å². The summed E-state index contributed by atoms with van der Waals surface area (Å²) in [4.78, 5) is 31.4. The fourth-order valence-electron chi connectivity index (χ4n) is 2.91. The minimum Gasteiger partial charge on any atom is -0.443 e. The van der Waals surface area contributed by atoms with Crippen LogP contribution in [0.5, 0.6) is 0 Å². The highest BCUT2D eigenvalue weighted by molar-refractivity contribution is 9.10. The average Bonchev–Trinajstić information content (AvgIpc) is 2.66. The molecule has 0 fully saturated rings. The number of hydrogen-bond donors (Lipinski definition) is 0. The van der Waals surface area contributed by atoms with E-state index in [1.54, 1.807) is 67.5 Å². The number of carbonyl (C=O) groups excluding carboxylic acids is 2. The molecule has 1 aliphatic rings. The molecular weight excluding hydrogens is 534 g/mol. The summed E-state index contributed by atoms with van der Waals surface area (Å²) in [5.74, 6) is -0.602. The second-order valence-electron chi connectivity index (χ2n) is 9.95. The summed E-state index contributed by atoms with van der Waals surface area (Å²) in [6.45, 7) is 13.2. The van der Waals surface area contributed by atoms with Crippen LogP contribution in [0.4, 0.5) is 18.4 Å². The van der Waals surface area contributed by atoms with Gasteiger partial charge in [-0.2, -0.15) is 4.90 Å². The highest BCUT2D eigenvalue weighted by atomic mass is 79.9. The first-order valence-electron chi connectivity index (χ1n) is 10.5. The van der Waals surface area contributed by atoms with E-state index in [1.807, 2.05) is 0 Å². The first kappa shape index (κ1) is 30.2. The van der Waals surface area contributed by atoms with E-state index < -0.39 is 50.8 Å². The fourth-order valence-corrected chi connectivity index (χ4v) is 4.60. The number of amidine groups is 1. The Kier molecular flexibility index (Phi) is 9.97. The fraction of sp³-hybridized carbons (Fsp3) is 0.609. The smallest absolute Gasteiger partial charge is 0.425 e. The molecule has 2 amide bonds. The van der Waals surface area contributed by atoms with E-state index in [0.717, 1.165) is 0 Å². The van der Waals surface area contributed by atoms with Gasteiger partial charge in [0.25, 0.3) is 0 Å². The molecule has 0 spiro atoms. The summed E-state index contributed by atoms with van der Waals surface area (Å²) in [6, 6.07) is 3.49. The van der Waals surface area contributed by atoms with Crippen LogP contribution in [0.15, 0.2) is 27.7 Å². The molecule has 0 radical (unpaired) electrons. The van der Waals surface area contributed by atoms with Crippen LogP contribution in [0.3, 0.4) is 0 Å². The molecule has 11 heteroatoms. The van der Waals surface area contributed by atoms with Crippen LogP contribution in [0.2, 0.25) is 0 Å². The van der Waals surface area contributed by atoms with Gasteiger partial charge in [-0.3, -0.25) is 13.6 Å². The first-order valence-corrected chi connectivity index (χ1v) is 12.6. The number of rotatable bonds is 1. The highest BCUT2D eigenvalue weighted by Gasteiger charge is 2.47. The highest BCUT2D eigenvalue weighted by Crippen LogP contribution is 2.35. The Balaban J connectivity index is 0.00000281. The molecular formula is C23H33BrF2N2O5S. The van der Waals surface area contributed by atoms with Crippen molar-refractivity contribution in [2.45, 2.75) is 77.4 Å². The number of benzene rings is 1. The Morgan fingerprint density at radius 2 is 1.56 bits per heavy atom. The van der Waals surface area contributed by atoms with E-state index in [0.29, 0.717) is 16.6 Å². The quantitative estimate of drug-likeness (QED) is 0.396. The zero-order valence-corrected chi connectivity index (χ0v) is 23.4. The molecule has 0 saturated heterocycles. The number of aliphatic imine (C=N–C) groups is 1. The van der Waals surface area contributed by atoms with E-state index in [9.17, 15) is 22.6 Å². The van der Waals surface area contributed by atoms with Gasteiger partial charge in [-0.1, -0.05) is 15.9 Å². The van der Waals surface area contributed by atoms with Gasteiger partial charge in [-0.25, -0.2) is 14.0 Å². The predicted octanol–water partition coefficient (Wildman–Crippen LogP) is 6.33. The van der Waals surface area contributed by atoms with E-state index in [2.05, 4.69) is 20.9 Å². The van der Waals surface area contributed by atoms with Crippen LogP contribution in [0, 0.1) is 5.82 Å². The molecule has 0 saturated carbocycles. The maximum atomic E-state index is 14.6. The summed E-state index contributed by atoms with van der Waals surface area (Å²) >= 11 is 3.31. The van der Waals surface area contributed by atoms with Crippen molar-refractivity contribution >= 4 is 44.8 Å². The lowest BCUT2D eigenvalue weighted by atomic mass is 10.1. The molecule has 0 N–H and O–H groups in total. The minimum absolute atomic E-state index is 0.0281. The number of hydrogen-bond acceptors (Lipinski definition) is 6. The lowest BCUT2D eigenvalue weighted by Gasteiger charge is -2.38. The third kappa shape index (κ3) is 7.83. The van der Waals surface area contributed by atoms with E-state index in [-0.39, 0.29) is 17.2 Å². The lowest BCUT2D eigenvalue weighted by molar-refractivity contribution is 0.0140. The van der Waals surface area contributed by atoms with Crippen LogP contribution >= 0.6 is 15.9 Å². The number of ether oxygens (including phenoxy) is 2. The van der Waals surface area contributed by atoms with Crippen molar-refractivity contribution < 1.29 is 32.1 Å². The Morgan fingerprint density at radius 3 is 2.00 bits per heavy atom. The van der Waals surface area contributed by atoms with Crippen molar-refractivity contribution in [1.82, 2.24) is 4.90 Å². The summed E-state index contributed by atoms with van der Waals surface area (Å²) in [5.41, 5.74) is -1.62. The molecule has 2 atom stereocenters. The van der Waals surface area contributed by atoms with Gasteiger partial charge in [0, 0.05) is 20.8 Å². The van der Waals surface area contributed by atoms with Gasteiger partial charge in [-0.15, -0.1) is 0 Å². The largest absolute Gasteiger partial charge is 0.443 e. The zero-order valence-electron chi connectivity index (χ0n) is 21.0. The minimum atomic E-state index is -1.60. The Hall–Kier alpha value is -1.88. The molecule has 1 heterocycles. The number of halogens is 3. The van der Waals surface area contributed by atoms with Gasteiger partial charge in [0.15, 0.2) is 0 Å². The Morgan fingerprint density at radius 1 is 1.09 bits per heavy atom. The van der Waals surface area contributed by atoms with Crippen LogP contribution in [0.25, 0.3) is 0 Å². The molecule has 192 valence electrons. The van der Waals surface area contributed by atoms with Gasteiger partial charge in [0.1, 0.15) is 22.9 Å². The van der Waals surface area contributed by atoms with Crippen molar-refractivity contribution in [3.05, 3.63) is 34.1 Å². The predicted molar refractivity (Wildman–Crippen MR) is 133 cm³/mol. The average molecular weight is 567 g/mol. The van der Waals surface area contributed by atoms with Crippen LogP contribution in [-0.2, 0) is 20.3 Å². The van der Waals surface area contributed by atoms with Gasteiger partial charge >= 0.3 is 12.2 Å². The standard InChI is InChI=1S/C22H30BrFN2O5S.CH3F/c1-20(2,3)30-18(27)26(19(28)31-21(4,5)6)17-22(7,8)32(29)12-16(25-17)14-11-13(23)9-10-15(14)24;1-2/h9-11,16H,12H2,1-8H3;1H3. The summed E-state index contributed by atoms with van der Waals surface area (Å²) < 4.78 is 47.5. The number of nitrogens with zero attached hydrogens (tertiary/aromatic N) is 2. The van der Waals surface area contributed by atoms with Crippen molar-refractivity contribution in [2.75, 3.05) is 12.9 Å². The molecule has 34 heavy (non-hydrogen) atoms. The first-order chi connectivity index (χ1) is 15.4. The van der Waals surface area contributed by atoms with Crippen molar-refractivity contribution in [1.29, 1.82) is 0 Å². The molecule has 1 aliphatic heterocycles. The zero-order chi connectivity index (χ0) is 26.6. The number of imide groups is 1. The molecule has 2 unspecified atom stereocenters. The number of alkyl halides is 1. The Labute approximate surface area is 210 Å². The van der Waals surface area contributed by atoms with E-state index in [4.69, 9.17) is 9.47 Å². The molecule has 7 nitrogen and oxygen atoms in total. The third-order valence-electron chi connectivity index (χ3n) is 4.38. The van der Waals surface area contributed by atoms with Gasteiger partial charge < -0.3 is 9.47 Å². The monoisotopic (exact) mass is 566 g/mol. The molecule has 1 aromatic carbocycles. The van der Waals surface area contributed by atoms with Gasteiger partial charge in [0.05, 0.1) is 23.7 Å². The molecule has 0 aromatic heterocycles. The lowest BCUT2D eigenvalue weighted by Crippen LogP contribution is -2.57. The Bertz CT molecular complexity index is 943. The van der Waals surface area contributed by atoms with E-state index in [1.165, 1.54) is 6.07 Å². The van der Waals surface area contributed by atoms with Crippen molar-refractivity contribution in [2.24, 2.45) is 4.99 Å². The summed E-state index contributed by atoms with van der Waals surface area (Å²) in [6.07, 6.45) is -2.02. The summed E-state index contributed by atoms with van der Waals surface area (Å²) in [7, 11) is -1.10. The second-order valence-corrected chi connectivity index (χ2v) is 12.9. The second kappa shape index (κ2) is 11.2. The maximum absolute atomic E-state index is 14.6. The van der Waals surface area contributed by atoms with Crippen LogP contribution in [-0.4, -0.2) is 56.0 Å². The van der Waals surface area contributed by atoms with Crippen molar-refractivity contribution in [3.8, 4) is 0 Å². The third-order valence-corrected chi connectivity index (χ3v) is 6.81. The molecule has 2 rings (SSSR count).